The average Bonchev–Trinajstić information content (AvgIpc) is 2.64. The molecule has 0 atom stereocenters. The Bertz CT molecular complexity index is 856. The van der Waals surface area contributed by atoms with Gasteiger partial charge in [0, 0.05) is 22.4 Å². The van der Waals surface area contributed by atoms with Gasteiger partial charge in [0.05, 0.1) is 5.69 Å². The molecule has 0 saturated heterocycles. The molecule has 8 heteroatoms. The van der Waals surface area contributed by atoms with Gasteiger partial charge < -0.3 is 14.8 Å². The molecule has 2 aromatic rings. The molecule has 0 fully saturated rings. The highest BCUT2D eigenvalue weighted by molar-refractivity contribution is 7.98. The van der Waals surface area contributed by atoms with Crippen LogP contribution < -0.4 is 10.1 Å². The smallest absolute Gasteiger partial charge is 0.344 e. The van der Waals surface area contributed by atoms with Crippen LogP contribution in [0.4, 0.5) is 5.69 Å². The Morgan fingerprint density at radius 3 is 2.56 bits per heavy atom. The number of ether oxygens (including phenoxy) is 2. The molecule has 2 aromatic carbocycles. The van der Waals surface area contributed by atoms with E-state index >= 15 is 0 Å². The maximum absolute atomic E-state index is 12.3. The van der Waals surface area contributed by atoms with Crippen molar-refractivity contribution in [3.8, 4) is 5.75 Å². The number of esters is 1. The van der Waals surface area contributed by atoms with E-state index in [0.29, 0.717) is 22.0 Å². The fraction of sp³-hybridized carbons (Fsp3) is 0.211. The Balaban J connectivity index is 1.90. The Morgan fingerprint density at radius 2 is 1.89 bits per heavy atom. The van der Waals surface area contributed by atoms with Crippen molar-refractivity contribution in [2.24, 2.45) is 0 Å². The summed E-state index contributed by atoms with van der Waals surface area (Å²) in [4.78, 5) is 36.1. The minimum Gasteiger partial charge on any atom is -0.482 e. The number of rotatable bonds is 8. The van der Waals surface area contributed by atoms with E-state index in [9.17, 15) is 14.4 Å². The van der Waals surface area contributed by atoms with Crippen LogP contribution in [0.5, 0.6) is 5.75 Å². The molecule has 0 unspecified atom stereocenters. The SMILES string of the molecule is CSc1ccc(C(=O)COC(=O)COc2cccc(Cl)c2)cc1NC(C)=O. The van der Waals surface area contributed by atoms with Crippen LogP contribution in [0.3, 0.4) is 0 Å². The van der Waals surface area contributed by atoms with Gasteiger partial charge in [-0.2, -0.15) is 0 Å². The summed E-state index contributed by atoms with van der Waals surface area (Å²) >= 11 is 7.27. The van der Waals surface area contributed by atoms with Crippen LogP contribution in [0.1, 0.15) is 17.3 Å². The molecule has 0 heterocycles. The van der Waals surface area contributed by atoms with E-state index in [1.807, 2.05) is 6.26 Å². The predicted octanol–water partition coefficient (Wildman–Crippen LogP) is 3.83. The number of carbonyl (C=O) groups is 3. The van der Waals surface area contributed by atoms with Crippen molar-refractivity contribution in [2.45, 2.75) is 11.8 Å². The number of hydrogen-bond acceptors (Lipinski definition) is 6. The Morgan fingerprint density at radius 1 is 1.11 bits per heavy atom. The van der Waals surface area contributed by atoms with E-state index in [1.54, 1.807) is 42.5 Å². The van der Waals surface area contributed by atoms with Gasteiger partial charge in [-0.1, -0.05) is 23.7 Å². The average molecular weight is 408 g/mol. The second-order valence-corrected chi connectivity index (χ2v) is 6.71. The molecule has 6 nitrogen and oxygen atoms in total. The van der Waals surface area contributed by atoms with Crippen LogP contribution >= 0.6 is 23.4 Å². The molecule has 142 valence electrons. The van der Waals surface area contributed by atoms with Crippen LogP contribution in [0, 0.1) is 0 Å². The molecular weight excluding hydrogens is 390 g/mol. The van der Waals surface area contributed by atoms with Gasteiger partial charge in [-0.25, -0.2) is 4.79 Å². The molecule has 0 radical (unpaired) electrons. The zero-order valence-electron chi connectivity index (χ0n) is 14.8. The number of ketones is 1. The Hall–Kier alpha value is -2.51. The highest BCUT2D eigenvalue weighted by Gasteiger charge is 2.13. The summed E-state index contributed by atoms with van der Waals surface area (Å²) in [7, 11) is 0. The number of thioether (sulfide) groups is 1. The third-order valence-corrected chi connectivity index (χ3v) is 4.38. The van der Waals surface area contributed by atoms with Crippen molar-refractivity contribution < 1.29 is 23.9 Å². The van der Waals surface area contributed by atoms with E-state index < -0.39 is 12.6 Å². The van der Waals surface area contributed by atoms with E-state index in [-0.39, 0.29) is 18.3 Å². The van der Waals surface area contributed by atoms with E-state index in [2.05, 4.69) is 5.32 Å². The topological polar surface area (TPSA) is 81.7 Å². The summed E-state index contributed by atoms with van der Waals surface area (Å²) in [6.07, 6.45) is 1.86. The third kappa shape index (κ3) is 6.62. The van der Waals surface area contributed by atoms with Crippen molar-refractivity contribution in [3.05, 3.63) is 53.1 Å². The predicted molar refractivity (Wildman–Crippen MR) is 105 cm³/mol. The molecule has 2 rings (SSSR count). The van der Waals surface area contributed by atoms with E-state index in [1.165, 1.54) is 18.7 Å². The fourth-order valence-electron chi connectivity index (χ4n) is 2.14. The maximum atomic E-state index is 12.3. The molecule has 0 aliphatic rings. The number of halogens is 1. The number of amides is 1. The third-order valence-electron chi connectivity index (χ3n) is 3.35. The second kappa shape index (κ2) is 9.99. The number of benzene rings is 2. The van der Waals surface area contributed by atoms with Crippen molar-refractivity contribution in [1.29, 1.82) is 0 Å². The molecule has 0 spiro atoms. The lowest BCUT2D eigenvalue weighted by atomic mass is 10.1. The maximum Gasteiger partial charge on any atom is 0.344 e. The largest absolute Gasteiger partial charge is 0.482 e. The standard InChI is InChI=1S/C19H18ClNO5S/c1-12(22)21-16-8-13(6-7-18(16)27-2)17(23)10-26-19(24)11-25-15-5-3-4-14(20)9-15/h3-9H,10-11H2,1-2H3,(H,21,22). The summed E-state index contributed by atoms with van der Waals surface area (Å²) in [5.74, 6) is -0.866. The highest BCUT2D eigenvalue weighted by atomic mass is 35.5. The van der Waals surface area contributed by atoms with Crippen LogP contribution in [-0.2, 0) is 14.3 Å². The van der Waals surface area contributed by atoms with Crippen molar-refractivity contribution in [3.63, 3.8) is 0 Å². The summed E-state index contributed by atoms with van der Waals surface area (Å²) in [5.41, 5.74) is 0.872. The lowest BCUT2D eigenvalue weighted by Crippen LogP contribution is -2.19. The summed E-state index contributed by atoms with van der Waals surface area (Å²) in [5, 5.41) is 3.16. The summed E-state index contributed by atoms with van der Waals surface area (Å²) < 4.78 is 10.2. The van der Waals surface area contributed by atoms with Gasteiger partial charge in [-0.15, -0.1) is 11.8 Å². The van der Waals surface area contributed by atoms with Gasteiger partial charge in [-0.3, -0.25) is 9.59 Å². The van der Waals surface area contributed by atoms with Gasteiger partial charge in [0.2, 0.25) is 5.91 Å². The lowest BCUT2D eigenvalue weighted by Gasteiger charge is -2.10. The van der Waals surface area contributed by atoms with Crippen LogP contribution in [-0.4, -0.2) is 37.1 Å². The first-order chi connectivity index (χ1) is 12.9. The van der Waals surface area contributed by atoms with Gasteiger partial charge >= 0.3 is 5.97 Å². The van der Waals surface area contributed by atoms with Gasteiger partial charge in [-0.05, 0) is 36.6 Å². The number of Topliss-reactive ketones (excluding diaryl/α,β-unsaturated/α-hetero) is 1. The first-order valence-electron chi connectivity index (χ1n) is 7.92. The quantitative estimate of drug-likeness (QED) is 0.407. The van der Waals surface area contributed by atoms with Gasteiger partial charge in [0.25, 0.3) is 0 Å². The second-order valence-electron chi connectivity index (χ2n) is 5.43. The summed E-state index contributed by atoms with van der Waals surface area (Å²) in [6, 6.07) is 11.5. The Labute approximate surface area is 166 Å². The van der Waals surface area contributed by atoms with Gasteiger partial charge in [0.15, 0.2) is 19.0 Å². The molecule has 1 N–H and O–H groups in total. The van der Waals surface area contributed by atoms with Crippen LogP contribution in [0.25, 0.3) is 0 Å². The van der Waals surface area contributed by atoms with Crippen molar-refractivity contribution in [1.82, 2.24) is 0 Å². The number of anilines is 1. The first-order valence-corrected chi connectivity index (χ1v) is 9.52. The van der Waals surface area contributed by atoms with E-state index in [0.717, 1.165) is 4.90 Å². The highest BCUT2D eigenvalue weighted by Crippen LogP contribution is 2.26. The number of hydrogen-bond donors (Lipinski definition) is 1. The molecule has 0 aliphatic carbocycles. The molecule has 0 aliphatic heterocycles. The number of carbonyl (C=O) groups excluding carboxylic acids is 3. The van der Waals surface area contributed by atoms with E-state index in [4.69, 9.17) is 21.1 Å². The molecule has 27 heavy (non-hydrogen) atoms. The molecule has 1 amide bonds. The zero-order chi connectivity index (χ0) is 19.8. The summed E-state index contributed by atoms with van der Waals surface area (Å²) in [6.45, 7) is 0.631. The Kier molecular flexibility index (Phi) is 7.69. The number of nitrogens with one attached hydrogen (secondary N) is 1. The van der Waals surface area contributed by atoms with Gasteiger partial charge in [0.1, 0.15) is 5.75 Å². The molecular formula is C19H18ClNO5S. The molecule has 0 aromatic heterocycles. The molecule has 0 saturated carbocycles. The minimum absolute atomic E-state index is 0.237. The van der Waals surface area contributed by atoms with Crippen molar-refractivity contribution >= 4 is 46.7 Å². The molecule has 0 bridgehead atoms. The van der Waals surface area contributed by atoms with Crippen LogP contribution in [0.15, 0.2) is 47.4 Å². The monoisotopic (exact) mass is 407 g/mol. The van der Waals surface area contributed by atoms with Crippen molar-refractivity contribution in [2.75, 3.05) is 24.8 Å². The zero-order valence-corrected chi connectivity index (χ0v) is 16.4. The normalized spacial score (nSPS) is 10.2. The minimum atomic E-state index is -0.675. The van der Waals surface area contributed by atoms with Crippen LogP contribution in [0.2, 0.25) is 5.02 Å². The lowest BCUT2D eigenvalue weighted by molar-refractivity contribution is -0.144. The first kappa shape index (κ1) is 20.8. The fourth-order valence-corrected chi connectivity index (χ4v) is 2.85.